The summed E-state index contributed by atoms with van der Waals surface area (Å²) in [6, 6.07) is 8.01. The number of aliphatic hydroxyl groups is 1. The summed E-state index contributed by atoms with van der Waals surface area (Å²) >= 11 is 1.59. The van der Waals surface area contributed by atoms with Crippen LogP contribution in [0.25, 0.3) is 10.2 Å². The Morgan fingerprint density at radius 1 is 1.43 bits per heavy atom. The molecule has 8 heteroatoms. The van der Waals surface area contributed by atoms with Gasteiger partial charge in [-0.3, -0.25) is 4.68 Å². The van der Waals surface area contributed by atoms with Crippen molar-refractivity contribution in [2.75, 3.05) is 26.0 Å². The number of anilines is 2. The lowest BCUT2D eigenvalue weighted by Crippen LogP contribution is -2.31. The number of hydrogen-bond donors (Lipinski definition) is 2. The second-order valence-corrected chi connectivity index (χ2v) is 6.24. The number of hydroxylamine groups is 2. The number of nitrogens with one attached hydrogen (secondary N) is 1. The molecule has 0 fully saturated rings. The molecule has 0 aliphatic rings. The first-order chi connectivity index (χ1) is 11.1. The van der Waals surface area contributed by atoms with Gasteiger partial charge >= 0.3 is 0 Å². The van der Waals surface area contributed by atoms with Crippen molar-refractivity contribution < 1.29 is 9.94 Å². The molecule has 2 N–H and O–H groups in total. The Hall–Kier alpha value is -2.00. The fourth-order valence-electron chi connectivity index (χ4n) is 2.22. The molecule has 3 aromatic rings. The predicted octanol–water partition coefficient (Wildman–Crippen LogP) is 2.09. The minimum atomic E-state index is -0.560. The van der Waals surface area contributed by atoms with Crippen molar-refractivity contribution in [1.82, 2.24) is 19.8 Å². The van der Waals surface area contributed by atoms with E-state index in [0.29, 0.717) is 13.1 Å². The van der Waals surface area contributed by atoms with Crippen LogP contribution in [-0.4, -0.2) is 51.7 Å². The Morgan fingerprint density at radius 2 is 2.26 bits per heavy atom. The minimum absolute atomic E-state index is 0.398. The summed E-state index contributed by atoms with van der Waals surface area (Å²) in [5.74, 6) is 0. The van der Waals surface area contributed by atoms with Crippen LogP contribution < -0.4 is 5.32 Å². The molecule has 0 spiro atoms. The minimum Gasteiger partial charge on any atom is -0.390 e. The fraction of sp³-hybridized carbons (Fsp3) is 0.333. The highest BCUT2D eigenvalue weighted by Gasteiger charge is 2.10. The molecule has 0 aliphatic carbocycles. The van der Waals surface area contributed by atoms with E-state index in [0.717, 1.165) is 21.0 Å². The van der Waals surface area contributed by atoms with Gasteiger partial charge in [0.1, 0.15) is 0 Å². The Labute approximate surface area is 138 Å². The maximum atomic E-state index is 9.99. The molecule has 7 nitrogen and oxygen atoms in total. The van der Waals surface area contributed by atoms with Crippen LogP contribution in [0.4, 0.5) is 10.8 Å². The third-order valence-electron chi connectivity index (χ3n) is 3.36. The number of nitrogens with zero attached hydrogens (tertiary/aromatic N) is 4. The number of benzene rings is 1. The molecule has 3 rings (SSSR count). The van der Waals surface area contributed by atoms with Crippen molar-refractivity contribution >= 4 is 32.4 Å². The summed E-state index contributed by atoms with van der Waals surface area (Å²) in [5.41, 5.74) is 1.82. The molecular weight excluding hydrogens is 314 g/mol. The lowest BCUT2D eigenvalue weighted by atomic mass is 10.3. The number of para-hydroxylation sites is 1. The molecule has 0 saturated heterocycles. The summed E-state index contributed by atoms with van der Waals surface area (Å²) in [4.78, 5) is 9.52. The van der Waals surface area contributed by atoms with Crippen LogP contribution in [0.3, 0.4) is 0 Å². The molecule has 0 radical (unpaired) electrons. The quantitative estimate of drug-likeness (QED) is 0.645. The summed E-state index contributed by atoms with van der Waals surface area (Å²) in [7, 11) is 3.34. The molecule has 23 heavy (non-hydrogen) atoms. The van der Waals surface area contributed by atoms with E-state index in [4.69, 9.17) is 4.84 Å². The highest BCUT2D eigenvalue weighted by molar-refractivity contribution is 7.22. The Balaban J connectivity index is 1.62. The van der Waals surface area contributed by atoms with E-state index in [1.165, 1.54) is 0 Å². The van der Waals surface area contributed by atoms with Crippen LogP contribution in [-0.2, 0) is 11.4 Å². The third-order valence-corrected chi connectivity index (χ3v) is 4.31. The topological polar surface area (TPSA) is 75.4 Å². The second-order valence-electron chi connectivity index (χ2n) is 5.21. The first kappa shape index (κ1) is 15.9. The van der Waals surface area contributed by atoms with Crippen molar-refractivity contribution in [2.24, 2.45) is 0 Å². The van der Waals surface area contributed by atoms with Crippen LogP contribution >= 0.6 is 11.3 Å². The van der Waals surface area contributed by atoms with E-state index in [-0.39, 0.29) is 0 Å². The van der Waals surface area contributed by atoms with Gasteiger partial charge in [0, 0.05) is 13.2 Å². The standard InChI is InChI=1S/C15H19N5O2S/c1-19(22-2)9-12(21)10-20-8-11(7-16-20)17-15-18-13-5-3-4-6-14(13)23-15/h3-8,12,21H,9-10H2,1-2H3,(H,17,18)/t12-/m0/s1. The predicted molar refractivity (Wildman–Crippen MR) is 90.8 cm³/mol. The van der Waals surface area contributed by atoms with Crippen molar-refractivity contribution in [3.63, 3.8) is 0 Å². The summed E-state index contributed by atoms with van der Waals surface area (Å²) < 4.78 is 2.84. The van der Waals surface area contributed by atoms with Gasteiger partial charge in [0.15, 0.2) is 5.13 Å². The molecule has 2 aromatic heterocycles. The van der Waals surface area contributed by atoms with E-state index in [9.17, 15) is 5.11 Å². The van der Waals surface area contributed by atoms with E-state index in [1.54, 1.807) is 41.4 Å². The molecule has 1 atom stereocenters. The highest BCUT2D eigenvalue weighted by Crippen LogP contribution is 2.27. The molecule has 0 bridgehead atoms. The summed E-state index contributed by atoms with van der Waals surface area (Å²) in [6.45, 7) is 0.812. The van der Waals surface area contributed by atoms with Gasteiger partial charge in [-0.1, -0.05) is 23.5 Å². The van der Waals surface area contributed by atoms with Gasteiger partial charge in [-0.2, -0.15) is 10.2 Å². The molecule has 0 saturated carbocycles. The van der Waals surface area contributed by atoms with Crippen molar-refractivity contribution in [3.05, 3.63) is 36.7 Å². The average Bonchev–Trinajstić information content (AvgIpc) is 3.13. The van der Waals surface area contributed by atoms with Crippen LogP contribution in [0.2, 0.25) is 0 Å². The van der Waals surface area contributed by atoms with Crippen LogP contribution in [0, 0.1) is 0 Å². The number of thiazole rings is 1. The van der Waals surface area contributed by atoms with Gasteiger partial charge in [0.25, 0.3) is 0 Å². The maximum absolute atomic E-state index is 9.99. The number of likely N-dealkylation sites (N-methyl/N-ethyl adjacent to an activating group) is 1. The first-order valence-corrected chi connectivity index (χ1v) is 8.04. The van der Waals surface area contributed by atoms with E-state index < -0.39 is 6.10 Å². The molecule has 2 heterocycles. The fourth-order valence-corrected chi connectivity index (χ4v) is 3.11. The zero-order chi connectivity index (χ0) is 16.2. The molecule has 0 aliphatic heterocycles. The number of hydrogen-bond acceptors (Lipinski definition) is 7. The first-order valence-electron chi connectivity index (χ1n) is 7.22. The van der Waals surface area contributed by atoms with Gasteiger partial charge in [-0.05, 0) is 12.1 Å². The number of fused-ring (bicyclic) bond motifs is 1. The van der Waals surface area contributed by atoms with Crippen LogP contribution in [0.5, 0.6) is 0 Å². The van der Waals surface area contributed by atoms with Crippen molar-refractivity contribution in [3.8, 4) is 0 Å². The van der Waals surface area contributed by atoms with E-state index in [1.807, 2.05) is 30.5 Å². The van der Waals surface area contributed by atoms with Gasteiger partial charge in [0.05, 0.1) is 48.4 Å². The Bertz CT molecular complexity index is 739. The van der Waals surface area contributed by atoms with Gasteiger partial charge < -0.3 is 15.3 Å². The highest BCUT2D eigenvalue weighted by atomic mass is 32.1. The maximum Gasteiger partial charge on any atom is 0.188 e. The van der Waals surface area contributed by atoms with Gasteiger partial charge in [-0.25, -0.2) is 4.98 Å². The largest absolute Gasteiger partial charge is 0.390 e. The SMILES string of the molecule is CON(C)C[C@H](O)Cn1cc(Nc2nc3ccccc3s2)cn1. The van der Waals surface area contributed by atoms with Gasteiger partial charge in [-0.15, -0.1) is 0 Å². The molecule has 122 valence electrons. The molecule has 0 unspecified atom stereocenters. The Kier molecular flexibility index (Phi) is 4.87. The number of aliphatic hydroxyl groups excluding tert-OH is 1. The van der Waals surface area contributed by atoms with Crippen LogP contribution in [0.1, 0.15) is 0 Å². The molecule has 0 amide bonds. The normalized spacial score (nSPS) is 12.9. The third kappa shape index (κ3) is 4.05. The number of aromatic nitrogens is 3. The van der Waals surface area contributed by atoms with Crippen molar-refractivity contribution in [1.29, 1.82) is 0 Å². The van der Waals surface area contributed by atoms with Crippen LogP contribution in [0.15, 0.2) is 36.7 Å². The Morgan fingerprint density at radius 3 is 3.04 bits per heavy atom. The summed E-state index contributed by atoms with van der Waals surface area (Å²) in [6.07, 6.45) is 3.01. The monoisotopic (exact) mass is 333 g/mol. The zero-order valence-electron chi connectivity index (χ0n) is 13.0. The number of rotatable bonds is 7. The average molecular weight is 333 g/mol. The lowest BCUT2D eigenvalue weighted by Gasteiger charge is -2.17. The van der Waals surface area contributed by atoms with E-state index in [2.05, 4.69) is 15.4 Å². The lowest BCUT2D eigenvalue weighted by molar-refractivity contribution is -0.129. The summed E-state index contributed by atoms with van der Waals surface area (Å²) in [5, 5.41) is 19.9. The molecular formula is C15H19N5O2S. The second kappa shape index (κ2) is 7.05. The zero-order valence-corrected chi connectivity index (χ0v) is 13.8. The molecule has 1 aromatic carbocycles. The van der Waals surface area contributed by atoms with E-state index >= 15 is 0 Å². The smallest absolute Gasteiger partial charge is 0.188 e. The van der Waals surface area contributed by atoms with Gasteiger partial charge in [0.2, 0.25) is 0 Å². The van der Waals surface area contributed by atoms with Crippen molar-refractivity contribution in [2.45, 2.75) is 12.6 Å².